The van der Waals surface area contributed by atoms with E-state index in [1.165, 1.54) is 6.42 Å². The van der Waals surface area contributed by atoms with Gasteiger partial charge in [-0.1, -0.05) is 6.92 Å². The standard InChI is InChI=1S/C14H26N2O2.ClH/c1-3-18-13(17)12-5-4-8-16(9-12)11-14(2)6-7-15-10-14;/h12,15H,3-11H2,1-2H3;1H/t12-,14?;/m0./s1. The van der Waals surface area contributed by atoms with Gasteiger partial charge in [-0.3, -0.25) is 4.79 Å². The first kappa shape index (κ1) is 16.7. The third kappa shape index (κ3) is 4.62. The SMILES string of the molecule is CCOC(=O)[C@H]1CCCN(CC2(C)CCNC2)C1.Cl. The number of halogens is 1. The molecular weight excluding hydrogens is 264 g/mol. The number of rotatable bonds is 4. The van der Waals surface area contributed by atoms with E-state index in [0.29, 0.717) is 12.0 Å². The average Bonchev–Trinajstić information content (AvgIpc) is 2.76. The Morgan fingerprint density at radius 1 is 1.53 bits per heavy atom. The molecule has 0 radical (unpaired) electrons. The average molecular weight is 291 g/mol. The number of hydrogen-bond acceptors (Lipinski definition) is 4. The normalized spacial score (nSPS) is 31.8. The van der Waals surface area contributed by atoms with Gasteiger partial charge in [0.25, 0.3) is 0 Å². The number of carbonyl (C=O) groups excluding carboxylic acids is 1. The molecule has 0 aromatic carbocycles. The Morgan fingerprint density at radius 3 is 2.95 bits per heavy atom. The summed E-state index contributed by atoms with van der Waals surface area (Å²) in [6.45, 7) is 10.1. The lowest BCUT2D eigenvalue weighted by atomic mass is 9.87. The molecule has 2 atom stereocenters. The summed E-state index contributed by atoms with van der Waals surface area (Å²) >= 11 is 0. The fourth-order valence-corrected chi connectivity index (χ4v) is 3.20. The molecule has 0 saturated carbocycles. The van der Waals surface area contributed by atoms with Crippen molar-refractivity contribution in [3.63, 3.8) is 0 Å². The number of ether oxygens (including phenoxy) is 1. The Morgan fingerprint density at radius 2 is 2.32 bits per heavy atom. The van der Waals surface area contributed by atoms with Crippen molar-refractivity contribution in [1.82, 2.24) is 10.2 Å². The zero-order valence-electron chi connectivity index (χ0n) is 12.1. The molecule has 0 spiro atoms. The molecule has 2 aliphatic rings. The van der Waals surface area contributed by atoms with E-state index in [1.807, 2.05) is 6.92 Å². The van der Waals surface area contributed by atoms with Crippen molar-refractivity contribution in [1.29, 1.82) is 0 Å². The zero-order chi connectivity index (χ0) is 13.0. The van der Waals surface area contributed by atoms with Gasteiger partial charge < -0.3 is 15.0 Å². The predicted molar refractivity (Wildman–Crippen MR) is 78.6 cm³/mol. The van der Waals surface area contributed by atoms with E-state index >= 15 is 0 Å². The van der Waals surface area contributed by atoms with Gasteiger partial charge in [-0.25, -0.2) is 0 Å². The Hall–Kier alpha value is -0.320. The number of hydrogen-bond donors (Lipinski definition) is 1. The van der Waals surface area contributed by atoms with Gasteiger partial charge in [-0.2, -0.15) is 0 Å². The highest BCUT2D eigenvalue weighted by molar-refractivity contribution is 5.85. The minimum atomic E-state index is -0.00287. The Labute approximate surface area is 122 Å². The number of carbonyl (C=O) groups is 1. The van der Waals surface area contributed by atoms with Gasteiger partial charge in [-0.15, -0.1) is 12.4 Å². The smallest absolute Gasteiger partial charge is 0.310 e. The van der Waals surface area contributed by atoms with Gasteiger partial charge in [-0.05, 0) is 44.7 Å². The molecule has 0 aromatic heterocycles. The van der Waals surface area contributed by atoms with Crippen LogP contribution < -0.4 is 5.32 Å². The number of piperidine rings is 1. The zero-order valence-corrected chi connectivity index (χ0v) is 12.9. The van der Waals surface area contributed by atoms with Crippen LogP contribution in [0, 0.1) is 11.3 Å². The third-order valence-corrected chi connectivity index (χ3v) is 4.19. The van der Waals surface area contributed by atoms with E-state index in [2.05, 4.69) is 17.1 Å². The second kappa shape index (κ2) is 7.46. The summed E-state index contributed by atoms with van der Waals surface area (Å²) in [6, 6.07) is 0. The fraction of sp³-hybridized carbons (Fsp3) is 0.929. The summed E-state index contributed by atoms with van der Waals surface area (Å²) in [5, 5.41) is 3.44. The van der Waals surface area contributed by atoms with E-state index in [4.69, 9.17) is 4.74 Å². The lowest BCUT2D eigenvalue weighted by Crippen LogP contribution is -2.45. The van der Waals surface area contributed by atoms with E-state index < -0.39 is 0 Å². The van der Waals surface area contributed by atoms with Gasteiger partial charge in [0.1, 0.15) is 0 Å². The number of nitrogens with zero attached hydrogens (tertiary/aromatic N) is 1. The fourth-order valence-electron chi connectivity index (χ4n) is 3.20. The first-order valence-corrected chi connectivity index (χ1v) is 7.23. The maximum atomic E-state index is 11.8. The molecule has 2 saturated heterocycles. The molecule has 1 N–H and O–H groups in total. The molecule has 112 valence electrons. The molecule has 1 unspecified atom stereocenters. The summed E-state index contributed by atoms with van der Waals surface area (Å²) in [4.78, 5) is 14.3. The van der Waals surface area contributed by atoms with Crippen LogP contribution >= 0.6 is 12.4 Å². The molecule has 2 fully saturated rings. The molecule has 4 nitrogen and oxygen atoms in total. The van der Waals surface area contributed by atoms with E-state index in [9.17, 15) is 4.79 Å². The van der Waals surface area contributed by atoms with Crippen LogP contribution in [0.5, 0.6) is 0 Å². The highest BCUT2D eigenvalue weighted by atomic mass is 35.5. The second-order valence-electron chi connectivity index (χ2n) is 6.06. The Bertz CT molecular complexity index is 293. The molecule has 2 rings (SSSR count). The predicted octanol–water partition coefficient (Wildman–Crippen LogP) is 1.68. The molecule has 0 bridgehead atoms. The van der Waals surface area contributed by atoms with E-state index in [1.54, 1.807) is 0 Å². The quantitative estimate of drug-likeness (QED) is 0.800. The van der Waals surface area contributed by atoms with Gasteiger partial charge in [0.15, 0.2) is 0 Å². The topological polar surface area (TPSA) is 41.6 Å². The van der Waals surface area contributed by atoms with Crippen molar-refractivity contribution in [2.75, 3.05) is 39.3 Å². The Kier molecular flexibility index (Phi) is 6.57. The highest BCUT2D eigenvalue weighted by Crippen LogP contribution is 2.28. The molecular formula is C14H27ClN2O2. The van der Waals surface area contributed by atoms with Crippen molar-refractivity contribution in [3.8, 4) is 0 Å². The first-order chi connectivity index (χ1) is 8.63. The van der Waals surface area contributed by atoms with Crippen molar-refractivity contribution in [3.05, 3.63) is 0 Å². The molecule has 0 amide bonds. The van der Waals surface area contributed by atoms with Crippen molar-refractivity contribution in [2.45, 2.75) is 33.1 Å². The van der Waals surface area contributed by atoms with Crippen LogP contribution in [0.4, 0.5) is 0 Å². The van der Waals surface area contributed by atoms with Crippen molar-refractivity contribution >= 4 is 18.4 Å². The van der Waals surface area contributed by atoms with Crippen LogP contribution in [0.1, 0.15) is 33.1 Å². The van der Waals surface area contributed by atoms with E-state index in [0.717, 1.165) is 45.6 Å². The van der Waals surface area contributed by atoms with Crippen LogP contribution in [0.15, 0.2) is 0 Å². The molecule has 2 aliphatic heterocycles. The van der Waals surface area contributed by atoms with Gasteiger partial charge in [0, 0.05) is 19.6 Å². The summed E-state index contributed by atoms with van der Waals surface area (Å²) in [6.07, 6.45) is 3.35. The van der Waals surface area contributed by atoms with Crippen molar-refractivity contribution in [2.24, 2.45) is 11.3 Å². The largest absolute Gasteiger partial charge is 0.466 e. The monoisotopic (exact) mass is 290 g/mol. The highest BCUT2D eigenvalue weighted by Gasteiger charge is 2.34. The Balaban J connectivity index is 0.00000180. The van der Waals surface area contributed by atoms with Gasteiger partial charge in [0.2, 0.25) is 0 Å². The van der Waals surface area contributed by atoms with Crippen LogP contribution in [-0.2, 0) is 9.53 Å². The molecule has 0 aromatic rings. The van der Waals surface area contributed by atoms with Gasteiger partial charge in [0.05, 0.1) is 12.5 Å². The molecule has 19 heavy (non-hydrogen) atoms. The number of likely N-dealkylation sites (tertiary alicyclic amines) is 1. The van der Waals surface area contributed by atoms with Crippen LogP contribution in [0.25, 0.3) is 0 Å². The molecule has 2 heterocycles. The lowest BCUT2D eigenvalue weighted by Gasteiger charge is -2.36. The third-order valence-electron chi connectivity index (χ3n) is 4.19. The van der Waals surface area contributed by atoms with Crippen LogP contribution in [0.3, 0.4) is 0 Å². The van der Waals surface area contributed by atoms with Crippen LogP contribution in [0.2, 0.25) is 0 Å². The van der Waals surface area contributed by atoms with Gasteiger partial charge >= 0.3 is 5.97 Å². The van der Waals surface area contributed by atoms with E-state index in [-0.39, 0.29) is 24.3 Å². The maximum absolute atomic E-state index is 11.8. The second-order valence-corrected chi connectivity index (χ2v) is 6.06. The maximum Gasteiger partial charge on any atom is 0.310 e. The summed E-state index contributed by atoms with van der Waals surface area (Å²) in [5.41, 5.74) is 0.385. The number of esters is 1. The first-order valence-electron chi connectivity index (χ1n) is 7.23. The van der Waals surface area contributed by atoms with Crippen LogP contribution in [-0.4, -0.2) is 50.2 Å². The minimum absolute atomic E-state index is 0. The minimum Gasteiger partial charge on any atom is -0.466 e. The molecule has 0 aliphatic carbocycles. The summed E-state index contributed by atoms with van der Waals surface area (Å²) in [7, 11) is 0. The molecule has 5 heteroatoms. The summed E-state index contributed by atoms with van der Waals surface area (Å²) in [5.74, 6) is 0.0913. The number of nitrogens with one attached hydrogen (secondary N) is 1. The summed E-state index contributed by atoms with van der Waals surface area (Å²) < 4.78 is 5.15. The van der Waals surface area contributed by atoms with Crippen molar-refractivity contribution < 1.29 is 9.53 Å². The lowest BCUT2D eigenvalue weighted by molar-refractivity contribution is -0.150.